The van der Waals surface area contributed by atoms with Crippen LogP contribution in [0.3, 0.4) is 0 Å². The van der Waals surface area contributed by atoms with Crippen LogP contribution in [-0.2, 0) is 6.42 Å². The first-order valence-electron chi connectivity index (χ1n) is 11.0. The SMILES string of the molecule is CCCCCCCCCCC/C=C/CCCc1ccc2ccccc2c1. The van der Waals surface area contributed by atoms with Gasteiger partial charge in [0.05, 0.1) is 0 Å². The third kappa shape index (κ3) is 8.70. The molecule has 0 saturated heterocycles. The molecule has 0 heterocycles. The Morgan fingerprint density at radius 2 is 1.23 bits per heavy atom. The normalized spacial score (nSPS) is 11.6. The monoisotopic (exact) mass is 350 g/mol. The number of allylic oxidation sites excluding steroid dienone is 2. The Balaban J connectivity index is 1.45. The summed E-state index contributed by atoms with van der Waals surface area (Å²) < 4.78 is 0. The maximum Gasteiger partial charge on any atom is -0.0181 e. The molecule has 26 heavy (non-hydrogen) atoms. The van der Waals surface area contributed by atoms with Crippen molar-refractivity contribution in [2.45, 2.75) is 90.4 Å². The van der Waals surface area contributed by atoms with Crippen LogP contribution in [0.25, 0.3) is 10.8 Å². The van der Waals surface area contributed by atoms with E-state index in [1.54, 1.807) is 0 Å². The van der Waals surface area contributed by atoms with Crippen LogP contribution in [0.4, 0.5) is 0 Å². The summed E-state index contributed by atoms with van der Waals surface area (Å²) in [4.78, 5) is 0. The second-order valence-electron chi connectivity index (χ2n) is 7.66. The van der Waals surface area contributed by atoms with E-state index < -0.39 is 0 Å². The van der Waals surface area contributed by atoms with Gasteiger partial charge in [0, 0.05) is 0 Å². The first-order chi connectivity index (χ1) is 12.9. The topological polar surface area (TPSA) is 0 Å². The van der Waals surface area contributed by atoms with Gasteiger partial charge in [-0.3, -0.25) is 0 Å². The van der Waals surface area contributed by atoms with Crippen LogP contribution >= 0.6 is 0 Å². The van der Waals surface area contributed by atoms with Crippen molar-refractivity contribution in [3.63, 3.8) is 0 Å². The number of fused-ring (bicyclic) bond motifs is 1. The first-order valence-corrected chi connectivity index (χ1v) is 11.0. The standard InChI is InChI=1S/C26H38/c1-2-3-4-5-6-7-8-9-10-11-12-13-14-15-18-24-21-22-25-19-16-17-20-26(25)23-24/h12-13,16-17,19-23H,2-11,14-15,18H2,1H3/b13-12+. The van der Waals surface area contributed by atoms with Gasteiger partial charge in [0.15, 0.2) is 0 Å². The average molecular weight is 351 g/mol. The highest BCUT2D eigenvalue weighted by Crippen LogP contribution is 2.17. The Bertz CT molecular complexity index is 623. The Hall–Kier alpha value is -1.56. The molecule has 0 aliphatic rings. The zero-order valence-corrected chi connectivity index (χ0v) is 16.9. The first kappa shape index (κ1) is 20.7. The fraction of sp³-hybridized carbons (Fsp3) is 0.538. The Labute approximate surface area is 161 Å². The molecule has 0 heteroatoms. The van der Waals surface area contributed by atoms with Gasteiger partial charge in [0.2, 0.25) is 0 Å². The summed E-state index contributed by atoms with van der Waals surface area (Å²) in [5.41, 5.74) is 1.47. The minimum atomic E-state index is 1.19. The van der Waals surface area contributed by atoms with Gasteiger partial charge in [0.1, 0.15) is 0 Å². The summed E-state index contributed by atoms with van der Waals surface area (Å²) in [7, 11) is 0. The van der Waals surface area contributed by atoms with Gasteiger partial charge >= 0.3 is 0 Å². The summed E-state index contributed by atoms with van der Waals surface area (Å²) in [5.74, 6) is 0. The van der Waals surface area contributed by atoms with Gasteiger partial charge in [-0.25, -0.2) is 0 Å². The van der Waals surface area contributed by atoms with E-state index in [-0.39, 0.29) is 0 Å². The van der Waals surface area contributed by atoms with Crippen LogP contribution in [0.2, 0.25) is 0 Å². The summed E-state index contributed by atoms with van der Waals surface area (Å²) in [5, 5.41) is 2.71. The van der Waals surface area contributed by atoms with Crippen molar-refractivity contribution in [2.75, 3.05) is 0 Å². The van der Waals surface area contributed by atoms with Crippen molar-refractivity contribution >= 4 is 10.8 Å². The van der Waals surface area contributed by atoms with Crippen molar-refractivity contribution in [2.24, 2.45) is 0 Å². The summed E-state index contributed by atoms with van der Waals surface area (Å²) >= 11 is 0. The lowest BCUT2D eigenvalue weighted by Crippen LogP contribution is -1.85. The molecule has 0 amide bonds. The molecule has 2 aromatic carbocycles. The molecule has 142 valence electrons. The molecule has 0 nitrogen and oxygen atoms in total. The van der Waals surface area contributed by atoms with Crippen molar-refractivity contribution in [1.29, 1.82) is 0 Å². The van der Waals surface area contributed by atoms with Gasteiger partial charge in [-0.15, -0.1) is 0 Å². The lowest BCUT2D eigenvalue weighted by atomic mass is 10.0. The lowest BCUT2D eigenvalue weighted by Gasteiger charge is -2.03. The number of benzene rings is 2. The molecule has 0 aliphatic heterocycles. The molecule has 0 N–H and O–H groups in total. The maximum atomic E-state index is 2.40. The fourth-order valence-electron chi connectivity index (χ4n) is 3.63. The summed E-state index contributed by atoms with van der Waals surface area (Å²) in [6.07, 6.45) is 22.5. The average Bonchev–Trinajstić information content (AvgIpc) is 2.68. The quantitative estimate of drug-likeness (QED) is 0.236. The van der Waals surface area contributed by atoms with Crippen LogP contribution in [0.1, 0.15) is 89.5 Å². The molecule has 0 unspecified atom stereocenters. The molecule has 0 spiro atoms. The molecule has 2 aromatic rings. The molecule has 0 radical (unpaired) electrons. The number of hydrogen-bond donors (Lipinski definition) is 0. The number of unbranched alkanes of at least 4 members (excludes halogenated alkanes) is 10. The smallest absolute Gasteiger partial charge is 0.0181 e. The van der Waals surface area contributed by atoms with E-state index in [9.17, 15) is 0 Å². The van der Waals surface area contributed by atoms with Crippen LogP contribution in [0.15, 0.2) is 54.6 Å². The van der Waals surface area contributed by atoms with Crippen LogP contribution in [0, 0.1) is 0 Å². The van der Waals surface area contributed by atoms with Gasteiger partial charge < -0.3 is 0 Å². The van der Waals surface area contributed by atoms with Crippen molar-refractivity contribution < 1.29 is 0 Å². The molecule has 0 aromatic heterocycles. The fourth-order valence-corrected chi connectivity index (χ4v) is 3.63. The van der Waals surface area contributed by atoms with Crippen LogP contribution in [-0.4, -0.2) is 0 Å². The van der Waals surface area contributed by atoms with E-state index in [1.807, 2.05) is 0 Å². The number of aryl methyl sites for hydroxylation is 1. The molecular weight excluding hydrogens is 312 g/mol. The van der Waals surface area contributed by atoms with E-state index in [2.05, 4.69) is 61.5 Å². The number of rotatable bonds is 14. The van der Waals surface area contributed by atoms with Crippen molar-refractivity contribution in [1.82, 2.24) is 0 Å². The zero-order chi connectivity index (χ0) is 18.3. The minimum Gasteiger partial charge on any atom is -0.0885 e. The van der Waals surface area contributed by atoms with Crippen molar-refractivity contribution in [3.05, 3.63) is 60.2 Å². The van der Waals surface area contributed by atoms with Gasteiger partial charge in [0.25, 0.3) is 0 Å². The molecule has 2 rings (SSSR count). The number of hydrogen-bond acceptors (Lipinski definition) is 0. The van der Waals surface area contributed by atoms with Gasteiger partial charge in [-0.1, -0.05) is 113 Å². The second-order valence-corrected chi connectivity index (χ2v) is 7.66. The highest BCUT2D eigenvalue weighted by Gasteiger charge is 1.96. The largest absolute Gasteiger partial charge is 0.0885 e. The second kappa shape index (κ2) is 13.6. The lowest BCUT2D eigenvalue weighted by molar-refractivity contribution is 0.566. The molecule has 0 fully saturated rings. The van der Waals surface area contributed by atoms with Gasteiger partial charge in [-0.05, 0) is 48.4 Å². The summed E-state index contributed by atoms with van der Waals surface area (Å²) in [6, 6.07) is 15.5. The summed E-state index contributed by atoms with van der Waals surface area (Å²) in [6.45, 7) is 2.29. The third-order valence-electron chi connectivity index (χ3n) is 5.29. The Morgan fingerprint density at radius 3 is 1.96 bits per heavy atom. The van der Waals surface area contributed by atoms with Crippen molar-refractivity contribution in [3.8, 4) is 0 Å². The van der Waals surface area contributed by atoms with E-state index in [4.69, 9.17) is 0 Å². The molecule has 0 aliphatic carbocycles. The molecule has 0 atom stereocenters. The molecular formula is C26H38. The van der Waals surface area contributed by atoms with Crippen LogP contribution < -0.4 is 0 Å². The molecule has 0 saturated carbocycles. The van der Waals surface area contributed by atoms with Gasteiger partial charge in [-0.2, -0.15) is 0 Å². The highest BCUT2D eigenvalue weighted by atomic mass is 14.0. The highest BCUT2D eigenvalue weighted by molar-refractivity contribution is 5.82. The van der Waals surface area contributed by atoms with E-state index >= 15 is 0 Å². The maximum absolute atomic E-state index is 2.40. The Morgan fingerprint density at radius 1 is 0.615 bits per heavy atom. The van der Waals surface area contributed by atoms with E-state index in [0.717, 1.165) is 0 Å². The predicted octanol–water partition coefficient (Wildman–Crippen LogP) is 8.64. The van der Waals surface area contributed by atoms with E-state index in [1.165, 1.54) is 99.8 Å². The molecule has 0 bridgehead atoms. The minimum absolute atomic E-state index is 1.19. The van der Waals surface area contributed by atoms with Crippen LogP contribution in [0.5, 0.6) is 0 Å². The third-order valence-corrected chi connectivity index (χ3v) is 5.29. The Kier molecular flexibility index (Phi) is 10.9. The predicted molar refractivity (Wildman–Crippen MR) is 118 cm³/mol. The zero-order valence-electron chi connectivity index (χ0n) is 16.9. The van der Waals surface area contributed by atoms with E-state index in [0.29, 0.717) is 0 Å².